The van der Waals surface area contributed by atoms with Crippen LogP contribution in [0.5, 0.6) is 0 Å². The van der Waals surface area contributed by atoms with E-state index in [1.807, 2.05) is 0 Å². The number of allylic oxidation sites excluding steroid dienone is 1. The molecule has 0 amide bonds. The van der Waals surface area contributed by atoms with Crippen LogP contribution in [0.3, 0.4) is 0 Å². The van der Waals surface area contributed by atoms with E-state index in [1.165, 1.54) is 6.92 Å². The topological polar surface area (TPSA) is 90.3 Å². The van der Waals surface area contributed by atoms with E-state index in [0.29, 0.717) is 18.5 Å². The van der Waals surface area contributed by atoms with Crippen molar-refractivity contribution < 1.29 is 19.1 Å². The molecule has 0 saturated heterocycles. The van der Waals surface area contributed by atoms with Gasteiger partial charge in [0.05, 0.1) is 5.57 Å². The smallest absolute Gasteiger partial charge is 0.338 e. The standard InChI is InChI=1S/C13H19FN2O3/c1-8(11(7-15)12(18)19)16-10-3-5-13(14,6-4-10)9(2)17/h7,10,15-16H,3-6H2,1-2H3,(H,18,19)/b11-8+,15-7?/t10-,13+. The molecule has 1 fully saturated rings. The fourth-order valence-corrected chi connectivity index (χ4v) is 2.29. The molecule has 0 heterocycles. The first-order chi connectivity index (χ1) is 8.80. The number of rotatable bonds is 5. The molecule has 3 N–H and O–H groups in total. The van der Waals surface area contributed by atoms with Gasteiger partial charge in [-0.15, -0.1) is 0 Å². The summed E-state index contributed by atoms with van der Waals surface area (Å²) in [5, 5.41) is 18.9. The molecule has 1 aliphatic rings. The first kappa shape index (κ1) is 15.3. The van der Waals surface area contributed by atoms with Gasteiger partial charge in [0.1, 0.15) is 0 Å². The highest BCUT2D eigenvalue weighted by atomic mass is 19.1. The van der Waals surface area contributed by atoms with Gasteiger partial charge in [-0.3, -0.25) is 4.79 Å². The Bertz CT molecular complexity index is 424. The Kier molecular flexibility index (Phi) is 4.80. The number of Topliss-reactive ketones (excluding diaryl/α,β-unsaturated/α-hetero) is 1. The van der Waals surface area contributed by atoms with Crippen LogP contribution >= 0.6 is 0 Å². The molecule has 0 radical (unpaired) electrons. The Balaban J connectivity index is 2.66. The lowest BCUT2D eigenvalue weighted by molar-refractivity contribution is -0.132. The van der Waals surface area contributed by atoms with Gasteiger partial charge >= 0.3 is 5.97 Å². The van der Waals surface area contributed by atoms with Crippen LogP contribution in [0.15, 0.2) is 11.3 Å². The predicted octanol–water partition coefficient (Wildman–Crippen LogP) is 1.82. The normalized spacial score (nSPS) is 28.3. The Labute approximate surface area is 111 Å². The fourth-order valence-electron chi connectivity index (χ4n) is 2.29. The average molecular weight is 270 g/mol. The van der Waals surface area contributed by atoms with E-state index < -0.39 is 17.4 Å². The van der Waals surface area contributed by atoms with E-state index in [-0.39, 0.29) is 24.5 Å². The second kappa shape index (κ2) is 5.95. The lowest BCUT2D eigenvalue weighted by Crippen LogP contribution is -2.42. The van der Waals surface area contributed by atoms with Crippen molar-refractivity contribution in [3.05, 3.63) is 11.3 Å². The Morgan fingerprint density at radius 2 is 1.89 bits per heavy atom. The van der Waals surface area contributed by atoms with Crippen LogP contribution in [0.25, 0.3) is 0 Å². The number of aliphatic carboxylic acids is 1. The minimum Gasteiger partial charge on any atom is -0.478 e. The summed E-state index contributed by atoms with van der Waals surface area (Å²) in [6, 6.07) is -0.0578. The monoisotopic (exact) mass is 270 g/mol. The molecule has 1 rings (SSSR count). The quantitative estimate of drug-likeness (QED) is 0.525. The Morgan fingerprint density at radius 1 is 1.37 bits per heavy atom. The summed E-state index contributed by atoms with van der Waals surface area (Å²) in [6.07, 6.45) is 2.03. The van der Waals surface area contributed by atoms with E-state index in [1.54, 1.807) is 6.92 Å². The van der Waals surface area contributed by atoms with Crippen LogP contribution in [-0.4, -0.2) is 34.8 Å². The molecule has 1 aliphatic carbocycles. The van der Waals surface area contributed by atoms with Crippen molar-refractivity contribution in [1.29, 1.82) is 5.41 Å². The van der Waals surface area contributed by atoms with Gasteiger partial charge in [-0.1, -0.05) is 0 Å². The van der Waals surface area contributed by atoms with Crippen molar-refractivity contribution in [3.63, 3.8) is 0 Å². The summed E-state index contributed by atoms with van der Waals surface area (Å²) in [6.45, 7) is 2.84. The van der Waals surface area contributed by atoms with Crippen molar-refractivity contribution in [2.45, 2.75) is 51.2 Å². The molecule has 0 spiro atoms. The maximum Gasteiger partial charge on any atom is 0.338 e. The van der Waals surface area contributed by atoms with E-state index in [2.05, 4.69) is 5.32 Å². The summed E-state index contributed by atoms with van der Waals surface area (Å²) >= 11 is 0. The third kappa shape index (κ3) is 3.62. The van der Waals surface area contributed by atoms with Gasteiger partial charge < -0.3 is 15.8 Å². The van der Waals surface area contributed by atoms with Crippen molar-refractivity contribution >= 4 is 18.0 Å². The van der Waals surface area contributed by atoms with Crippen LogP contribution in [0, 0.1) is 5.41 Å². The zero-order valence-electron chi connectivity index (χ0n) is 11.1. The largest absolute Gasteiger partial charge is 0.478 e. The van der Waals surface area contributed by atoms with Gasteiger partial charge in [0.25, 0.3) is 0 Å². The van der Waals surface area contributed by atoms with Crippen molar-refractivity contribution in [2.75, 3.05) is 0 Å². The van der Waals surface area contributed by atoms with E-state index in [9.17, 15) is 14.0 Å². The highest BCUT2D eigenvalue weighted by Gasteiger charge is 2.39. The first-order valence-corrected chi connectivity index (χ1v) is 6.21. The van der Waals surface area contributed by atoms with E-state index >= 15 is 0 Å². The van der Waals surface area contributed by atoms with Gasteiger partial charge in [0, 0.05) is 18.0 Å². The van der Waals surface area contributed by atoms with E-state index in [0.717, 1.165) is 6.21 Å². The lowest BCUT2D eigenvalue weighted by Gasteiger charge is -2.33. The molecule has 0 aromatic heterocycles. The molecule has 0 bridgehead atoms. The Hall–Kier alpha value is -1.72. The van der Waals surface area contributed by atoms with Gasteiger partial charge in [-0.2, -0.15) is 0 Å². The fraction of sp³-hybridized carbons (Fsp3) is 0.615. The zero-order valence-corrected chi connectivity index (χ0v) is 11.1. The number of carbonyl (C=O) groups is 2. The maximum absolute atomic E-state index is 14.0. The first-order valence-electron chi connectivity index (χ1n) is 6.21. The molecule has 19 heavy (non-hydrogen) atoms. The van der Waals surface area contributed by atoms with Gasteiger partial charge in [0.2, 0.25) is 0 Å². The molecule has 0 atom stereocenters. The summed E-state index contributed by atoms with van der Waals surface area (Å²) in [7, 11) is 0. The number of nitrogens with one attached hydrogen (secondary N) is 2. The molecule has 0 aliphatic heterocycles. The van der Waals surface area contributed by atoms with Gasteiger partial charge in [-0.05, 0) is 39.5 Å². The molecule has 6 heteroatoms. The number of carbonyl (C=O) groups excluding carboxylic acids is 1. The number of carboxylic acids is 1. The summed E-state index contributed by atoms with van der Waals surface area (Å²) in [4.78, 5) is 22.0. The predicted molar refractivity (Wildman–Crippen MR) is 69.0 cm³/mol. The minimum atomic E-state index is -1.73. The highest BCUT2D eigenvalue weighted by molar-refractivity contribution is 6.08. The van der Waals surface area contributed by atoms with E-state index in [4.69, 9.17) is 10.5 Å². The van der Waals surface area contributed by atoms with Crippen LogP contribution in [0.4, 0.5) is 4.39 Å². The molecular weight excluding hydrogens is 251 g/mol. The Morgan fingerprint density at radius 3 is 2.26 bits per heavy atom. The number of carboxylic acid groups (broad SMARTS) is 1. The minimum absolute atomic E-state index is 0.0578. The average Bonchev–Trinajstić information content (AvgIpc) is 2.32. The zero-order chi connectivity index (χ0) is 14.6. The van der Waals surface area contributed by atoms with Crippen molar-refractivity contribution in [1.82, 2.24) is 5.32 Å². The SMILES string of the molecule is C/C(N[C@H]1CC[C@](F)(C(C)=O)CC1)=C(/C=N)C(=O)O. The van der Waals surface area contributed by atoms with Crippen LogP contribution in [-0.2, 0) is 9.59 Å². The third-order valence-corrected chi connectivity index (χ3v) is 3.61. The molecule has 5 nitrogen and oxygen atoms in total. The molecule has 106 valence electrons. The van der Waals surface area contributed by atoms with Gasteiger partial charge in [0.15, 0.2) is 11.5 Å². The summed E-state index contributed by atoms with van der Waals surface area (Å²) in [5.74, 6) is -1.61. The molecule has 0 aromatic carbocycles. The highest BCUT2D eigenvalue weighted by Crippen LogP contribution is 2.33. The number of ketones is 1. The molecule has 0 unspecified atom stereocenters. The third-order valence-electron chi connectivity index (χ3n) is 3.61. The number of hydrogen-bond donors (Lipinski definition) is 3. The van der Waals surface area contributed by atoms with Gasteiger partial charge in [-0.25, -0.2) is 9.18 Å². The molecular formula is C13H19FN2O3. The number of halogens is 1. The van der Waals surface area contributed by atoms with Crippen molar-refractivity contribution in [3.8, 4) is 0 Å². The second-order valence-electron chi connectivity index (χ2n) is 4.93. The van der Waals surface area contributed by atoms with Crippen molar-refractivity contribution in [2.24, 2.45) is 0 Å². The maximum atomic E-state index is 14.0. The second-order valence-corrected chi connectivity index (χ2v) is 4.93. The number of alkyl halides is 1. The number of hydrogen-bond acceptors (Lipinski definition) is 4. The summed E-state index contributed by atoms with van der Waals surface area (Å²) < 4.78 is 14.0. The van der Waals surface area contributed by atoms with Crippen LogP contribution in [0.1, 0.15) is 39.5 Å². The summed E-state index contributed by atoms with van der Waals surface area (Å²) in [5.41, 5.74) is -1.45. The lowest BCUT2D eigenvalue weighted by atomic mass is 9.81. The van der Waals surface area contributed by atoms with Crippen LogP contribution in [0.2, 0.25) is 0 Å². The molecule has 0 aromatic rings. The molecule has 1 saturated carbocycles. The van der Waals surface area contributed by atoms with Crippen LogP contribution < -0.4 is 5.32 Å².